The summed E-state index contributed by atoms with van der Waals surface area (Å²) >= 11 is 0. The SMILES string of the molecule is CCCC1CC1Nc1ccc(F)c(N)c1C(=O)O. The largest absolute Gasteiger partial charge is 0.478 e. The van der Waals surface area contributed by atoms with Crippen molar-refractivity contribution in [1.82, 2.24) is 0 Å². The van der Waals surface area contributed by atoms with Gasteiger partial charge in [-0.05, 0) is 30.9 Å². The number of hydrogen-bond acceptors (Lipinski definition) is 3. The van der Waals surface area contributed by atoms with Crippen molar-refractivity contribution < 1.29 is 14.3 Å². The highest BCUT2D eigenvalue weighted by Gasteiger charge is 2.36. The van der Waals surface area contributed by atoms with Crippen LogP contribution in [0.1, 0.15) is 36.5 Å². The fourth-order valence-electron chi connectivity index (χ4n) is 2.26. The molecule has 1 aliphatic rings. The minimum absolute atomic E-state index is 0.169. The van der Waals surface area contributed by atoms with Crippen molar-refractivity contribution in [2.45, 2.75) is 32.2 Å². The van der Waals surface area contributed by atoms with E-state index in [1.807, 2.05) is 0 Å². The predicted octanol–water partition coefficient (Wildman–Crippen LogP) is 2.71. The standard InChI is InChI=1S/C13H17FN2O2/c1-2-3-7-6-10(7)16-9-5-4-8(14)12(15)11(9)13(17)18/h4-5,7,10,16H,2-3,6,15H2,1H3,(H,17,18). The molecule has 2 atom stereocenters. The average Bonchev–Trinajstić information content (AvgIpc) is 3.02. The zero-order chi connectivity index (χ0) is 13.3. The number of halogens is 1. The van der Waals surface area contributed by atoms with Crippen molar-refractivity contribution in [2.24, 2.45) is 5.92 Å². The van der Waals surface area contributed by atoms with Crippen LogP contribution in [-0.2, 0) is 0 Å². The van der Waals surface area contributed by atoms with Crippen molar-refractivity contribution in [3.05, 3.63) is 23.5 Å². The summed E-state index contributed by atoms with van der Waals surface area (Å²) in [4.78, 5) is 11.1. The van der Waals surface area contributed by atoms with Gasteiger partial charge in [-0.2, -0.15) is 0 Å². The third-order valence-electron chi connectivity index (χ3n) is 3.33. The Balaban J connectivity index is 2.18. The zero-order valence-corrected chi connectivity index (χ0v) is 10.2. The first-order chi connectivity index (χ1) is 8.54. The number of aromatic carboxylic acids is 1. The second-order valence-electron chi connectivity index (χ2n) is 4.72. The molecule has 2 unspecified atom stereocenters. The van der Waals surface area contributed by atoms with Gasteiger partial charge < -0.3 is 16.2 Å². The lowest BCUT2D eigenvalue weighted by molar-refractivity contribution is 0.0698. The minimum Gasteiger partial charge on any atom is -0.478 e. The van der Waals surface area contributed by atoms with E-state index in [2.05, 4.69) is 12.2 Å². The molecule has 4 nitrogen and oxygen atoms in total. The maximum atomic E-state index is 13.3. The molecule has 4 N–H and O–H groups in total. The summed E-state index contributed by atoms with van der Waals surface area (Å²) in [5.74, 6) is -1.32. The second-order valence-corrected chi connectivity index (χ2v) is 4.72. The van der Waals surface area contributed by atoms with Gasteiger partial charge in [0.05, 0.1) is 11.4 Å². The highest BCUT2D eigenvalue weighted by molar-refractivity contribution is 6.00. The molecular weight excluding hydrogens is 235 g/mol. The van der Waals surface area contributed by atoms with E-state index in [1.54, 1.807) is 0 Å². The molecule has 1 aliphatic carbocycles. The van der Waals surface area contributed by atoms with Crippen LogP contribution in [0, 0.1) is 11.7 Å². The Morgan fingerprint density at radius 3 is 2.94 bits per heavy atom. The van der Waals surface area contributed by atoms with Crippen molar-refractivity contribution >= 4 is 17.3 Å². The van der Waals surface area contributed by atoms with Gasteiger partial charge in [-0.25, -0.2) is 9.18 Å². The Bertz CT molecular complexity index is 476. The quantitative estimate of drug-likeness (QED) is 0.704. The molecule has 0 aliphatic heterocycles. The first kappa shape index (κ1) is 12.7. The van der Waals surface area contributed by atoms with Crippen LogP contribution in [0.5, 0.6) is 0 Å². The smallest absolute Gasteiger partial charge is 0.340 e. The fraction of sp³-hybridized carbons (Fsp3) is 0.462. The van der Waals surface area contributed by atoms with Gasteiger partial charge in [-0.3, -0.25) is 0 Å². The molecule has 98 valence electrons. The Hall–Kier alpha value is -1.78. The number of rotatable bonds is 5. The summed E-state index contributed by atoms with van der Waals surface area (Å²) in [6.07, 6.45) is 3.26. The number of anilines is 2. The predicted molar refractivity (Wildman–Crippen MR) is 68.2 cm³/mol. The number of nitrogens with one attached hydrogen (secondary N) is 1. The van der Waals surface area contributed by atoms with E-state index >= 15 is 0 Å². The molecule has 18 heavy (non-hydrogen) atoms. The first-order valence-electron chi connectivity index (χ1n) is 6.12. The van der Waals surface area contributed by atoms with Crippen molar-refractivity contribution in [2.75, 3.05) is 11.1 Å². The molecule has 0 saturated heterocycles. The molecule has 1 aromatic rings. The van der Waals surface area contributed by atoms with Gasteiger partial charge >= 0.3 is 5.97 Å². The minimum atomic E-state index is -1.21. The monoisotopic (exact) mass is 252 g/mol. The molecule has 1 saturated carbocycles. The van der Waals surface area contributed by atoms with Crippen molar-refractivity contribution in [1.29, 1.82) is 0 Å². The molecule has 0 heterocycles. The Labute approximate surface area is 105 Å². The van der Waals surface area contributed by atoms with Crippen LogP contribution in [0.2, 0.25) is 0 Å². The highest BCUT2D eigenvalue weighted by atomic mass is 19.1. The van der Waals surface area contributed by atoms with Crippen LogP contribution >= 0.6 is 0 Å². The zero-order valence-electron chi connectivity index (χ0n) is 10.2. The van der Waals surface area contributed by atoms with Crippen LogP contribution in [0.25, 0.3) is 0 Å². The van der Waals surface area contributed by atoms with Gasteiger partial charge in [-0.1, -0.05) is 13.3 Å². The molecule has 0 radical (unpaired) electrons. The molecule has 1 aromatic carbocycles. The summed E-state index contributed by atoms with van der Waals surface area (Å²) in [5, 5.41) is 12.2. The van der Waals surface area contributed by atoms with E-state index in [-0.39, 0.29) is 17.3 Å². The molecule has 1 fully saturated rings. The van der Waals surface area contributed by atoms with Gasteiger partial charge in [0.2, 0.25) is 0 Å². The van der Waals surface area contributed by atoms with Gasteiger partial charge in [0, 0.05) is 6.04 Å². The first-order valence-corrected chi connectivity index (χ1v) is 6.12. The number of nitrogen functional groups attached to an aromatic ring is 1. The van der Waals surface area contributed by atoms with Gasteiger partial charge in [-0.15, -0.1) is 0 Å². The number of nitrogens with two attached hydrogens (primary N) is 1. The average molecular weight is 252 g/mol. The van der Waals surface area contributed by atoms with Crippen LogP contribution in [0.15, 0.2) is 12.1 Å². The summed E-state index contributed by atoms with van der Waals surface area (Å²) in [5.41, 5.74) is 5.41. The molecule has 0 spiro atoms. The summed E-state index contributed by atoms with van der Waals surface area (Å²) < 4.78 is 13.3. The molecule has 0 bridgehead atoms. The van der Waals surface area contributed by atoms with E-state index < -0.39 is 11.8 Å². The third kappa shape index (κ3) is 2.39. The summed E-state index contributed by atoms with van der Waals surface area (Å²) in [6.45, 7) is 2.12. The van der Waals surface area contributed by atoms with Gasteiger partial charge in [0.25, 0.3) is 0 Å². The Kier molecular flexibility index (Phi) is 3.41. The van der Waals surface area contributed by atoms with E-state index in [4.69, 9.17) is 10.8 Å². The lowest BCUT2D eigenvalue weighted by atomic mass is 10.1. The Morgan fingerprint density at radius 2 is 2.33 bits per heavy atom. The van der Waals surface area contributed by atoms with Crippen LogP contribution < -0.4 is 11.1 Å². The van der Waals surface area contributed by atoms with E-state index in [0.717, 1.165) is 19.3 Å². The molecule has 2 rings (SSSR count). The van der Waals surface area contributed by atoms with E-state index in [0.29, 0.717) is 11.6 Å². The third-order valence-corrected chi connectivity index (χ3v) is 3.33. The summed E-state index contributed by atoms with van der Waals surface area (Å²) in [6, 6.07) is 2.92. The lowest BCUT2D eigenvalue weighted by Gasteiger charge is -2.12. The normalized spacial score (nSPS) is 21.7. The van der Waals surface area contributed by atoms with Gasteiger partial charge in [0.15, 0.2) is 0 Å². The van der Waals surface area contributed by atoms with Gasteiger partial charge in [0.1, 0.15) is 11.4 Å². The van der Waals surface area contributed by atoms with Crippen molar-refractivity contribution in [3.8, 4) is 0 Å². The molecule has 0 aromatic heterocycles. The topological polar surface area (TPSA) is 75.3 Å². The molecule has 5 heteroatoms. The fourth-order valence-corrected chi connectivity index (χ4v) is 2.26. The van der Waals surface area contributed by atoms with Crippen LogP contribution in [-0.4, -0.2) is 17.1 Å². The van der Waals surface area contributed by atoms with E-state index in [9.17, 15) is 9.18 Å². The molecule has 0 amide bonds. The van der Waals surface area contributed by atoms with E-state index in [1.165, 1.54) is 12.1 Å². The molecular formula is C13H17FN2O2. The number of carboxylic acids is 1. The number of carbonyl (C=O) groups is 1. The van der Waals surface area contributed by atoms with Crippen LogP contribution in [0.3, 0.4) is 0 Å². The van der Waals surface area contributed by atoms with Crippen molar-refractivity contribution in [3.63, 3.8) is 0 Å². The Morgan fingerprint density at radius 1 is 1.61 bits per heavy atom. The number of hydrogen-bond donors (Lipinski definition) is 3. The lowest BCUT2D eigenvalue weighted by Crippen LogP contribution is -2.13. The summed E-state index contributed by atoms with van der Waals surface area (Å²) in [7, 11) is 0. The maximum Gasteiger partial charge on any atom is 0.340 e. The maximum absolute atomic E-state index is 13.3. The highest BCUT2D eigenvalue weighted by Crippen LogP contribution is 2.38. The van der Waals surface area contributed by atoms with Crippen LogP contribution in [0.4, 0.5) is 15.8 Å². The number of benzene rings is 1. The second kappa shape index (κ2) is 4.84. The number of carboxylic acid groups (broad SMARTS) is 1.